The number of piperidine rings is 1. The van der Waals surface area contributed by atoms with Gasteiger partial charge >= 0.3 is 0 Å². The quantitative estimate of drug-likeness (QED) is 0.760. The molecule has 2 atom stereocenters. The fraction of sp³-hybridized carbons (Fsp3) is 1.00. The van der Waals surface area contributed by atoms with E-state index in [-0.39, 0.29) is 0 Å². The first-order valence-electron chi connectivity index (χ1n) is 5.71. The number of likely N-dealkylation sites (tertiary alicyclic amines) is 1. The van der Waals surface area contributed by atoms with Crippen LogP contribution >= 0.6 is 11.8 Å². The molecule has 14 heavy (non-hydrogen) atoms. The number of nitrogens with zero attached hydrogens (tertiary/aromatic N) is 1. The Balaban J connectivity index is 2.34. The second kappa shape index (κ2) is 6.70. The average Bonchev–Trinajstić information content (AvgIpc) is 2.19. The van der Waals surface area contributed by atoms with Crippen LogP contribution in [-0.2, 0) is 0 Å². The molecule has 0 radical (unpaired) electrons. The van der Waals surface area contributed by atoms with Crippen molar-refractivity contribution in [1.82, 2.24) is 4.90 Å². The minimum atomic E-state index is 0.630. The van der Waals surface area contributed by atoms with Crippen molar-refractivity contribution in [1.29, 1.82) is 0 Å². The number of hydrogen-bond acceptors (Lipinski definition) is 3. The molecule has 1 aliphatic rings. The van der Waals surface area contributed by atoms with Crippen LogP contribution < -0.4 is 5.73 Å². The molecule has 84 valence electrons. The minimum absolute atomic E-state index is 0.630. The highest BCUT2D eigenvalue weighted by atomic mass is 32.2. The maximum absolute atomic E-state index is 5.84. The normalized spacial score (nSPS) is 26.4. The molecule has 1 fully saturated rings. The second-order valence-corrected chi connectivity index (χ2v) is 5.40. The summed E-state index contributed by atoms with van der Waals surface area (Å²) in [5, 5.41) is 0. The van der Waals surface area contributed by atoms with Gasteiger partial charge in [-0.05, 0) is 43.7 Å². The van der Waals surface area contributed by atoms with E-state index in [1.165, 1.54) is 38.1 Å². The van der Waals surface area contributed by atoms with Gasteiger partial charge in [0.25, 0.3) is 0 Å². The monoisotopic (exact) mass is 216 g/mol. The van der Waals surface area contributed by atoms with Crippen molar-refractivity contribution < 1.29 is 0 Å². The highest BCUT2D eigenvalue weighted by molar-refractivity contribution is 7.98. The van der Waals surface area contributed by atoms with Crippen LogP contribution in [0.2, 0.25) is 0 Å². The zero-order valence-electron chi connectivity index (χ0n) is 9.54. The molecule has 1 saturated heterocycles. The van der Waals surface area contributed by atoms with Gasteiger partial charge in [-0.3, -0.25) is 4.90 Å². The van der Waals surface area contributed by atoms with Gasteiger partial charge < -0.3 is 5.73 Å². The molecule has 1 rings (SSSR count). The van der Waals surface area contributed by atoms with Crippen LogP contribution in [0.25, 0.3) is 0 Å². The molecule has 3 heteroatoms. The third-order valence-electron chi connectivity index (χ3n) is 3.13. The first kappa shape index (κ1) is 12.3. The Morgan fingerprint density at radius 3 is 2.93 bits per heavy atom. The summed E-state index contributed by atoms with van der Waals surface area (Å²) in [6.07, 6.45) is 6.18. The van der Waals surface area contributed by atoms with Gasteiger partial charge in [0.2, 0.25) is 0 Å². The molecule has 0 saturated carbocycles. The van der Waals surface area contributed by atoms with Crippen molar-refractivity contribution in [3.05, 3.63) is 0 Å². The van der Waals surface area contributed by atoms with E-state index in [9.17, 15) is 0 Å². The number of thioether (sulfide) groups is 1. The van der Waals surface area contributed by atoms with E-state index in [0.717, 1.165) is 12.5 Å². The molecule has 0 aromatic heterocycles. The number of rotatable bonds is 5. The molecule has 2 N–H and O–H groups in total. The zero-order chi connectivity index (χ0) is 10.4. The molecule has 0 spiro atoms. The summed E-state index contributed by atoms with van der Waals surface area (Å²) in [5.74, 6) is 2.11. The molecule has 2 nitrogen and oxygen atoms in total. The minimum Gasteiger partial charge on any atom is -0.329 e. The summed E-state index contributed by atoms with van der Waals surface area (Å²) in [4.78, 5) is 2.60. The Morgan fingerprint density at radius 1 is 1.57 bits per heavy atom. The predicted molar refractivity (Wildman–Crippen MR) is 65.8 cm³/mol. The molecule has 1 heterocycles. The molecule has 0 aliphatic carbocycles. The number of hydrogen-bond donors (Lipinski definition) is 1. The van der Waals surface area contributed by atoms with Gasteiger partial charge in [-0.2, -0.15) is 11.8 Å². The van der Waals surface area contributed by atoms with E-state index >= 15 is 0 Å². The lowest BCUT2D eigenvalue weighted by atomic mass is 9.98. The third kappa shape index (κ3) is 3.79. The molecule has 0 aromatic rings. The highest BCUT2D eigenvalue weighted by Crippen LogP contribution is 2.19. The van der Waals surface area contributed by atoms with E-state index in [1.807, 2.05) is 11.8 Å². The van der Waals surface area contributed by atoms with Crippen LogP contribution in [0, 0.1) is 5.92 Å². The summed E-state index contributed by atoms with van der Waals surface area (Å²) in [7, 11) is 0. The van der Waals surface area contributed by atoms with Crippen LogP contribution in [0.4, 0.5) is 0 Å². The molecule has 1 aliphatic heterocycles. The van der Waals surface area contributed by atoms with Crippen molar-refractivity contribution in [2.24, 2.45) is 11.7 Å². The predicted octanol–water partition coefficient (Wildman–Crippen LogP) is 1.80. The summed E-state index contributed by atoms with van der Waals surface area (Å²) < 4.78 is 0. The topological polar surface area (TPSA) is 29.3 Å². The van der Waals surface area contributed by atoms with Gasteiger partial charge in [-0.1, -0.05) is 6.92 Å². The van der Waals surface area contributed by atoms with Crippen molar-refractivity contribution in [3.8, 4) is 0 Å². The Kier molecular flexibility index (Phi) is 5.90. The van der Waals surface area contributed by atoms with Crippen LogP contribution in [0.15, 0.2) is 0 Å². The van der Waals surface area contributed by atoms with Crippen LogP contribution in [0.3, 0.4) is 0 Å². The SMILES string of the molecule is CSCCC(CN)N1CCCC(C)C1. The third-order valence-corrected chi connectivity index (χ3v) is 3.78. The van der Waals surface area contributed by atoms with Gasteiger partial charge in [0.1, 0.15) is 0 Å². The molecule has 0 amide bonds. The fourth-order valence-corrected chi connectivity index (χ4v) is 2.77. The summed E-state index contributed by atoms with van der Waals surface area (Å²) in [5.41, 5.74) is 5.84. The van der Waals surface area contributed by atoms with Gasteiger partial charge in [-0.25, -0.2) is 0 Å². The van der Waals surface area contributed by atoms with Crippen LogP contribution in [0.5, 0.6) is 0 Å². The van der Waals surface area contributed by atoms with E-state index in [2.05, 4.69) is 18.1 Å². The Hall–Kier alpha value is 0.270. The molecule has 0 aromatic carbocycles. The smallest absolute Gasteiger partial charge is 0.0226 e. The lowest BCUT2D eigenvalue weighted by Crippen LogP contribution is -2.46. The lowest BCUT2D eigenvalue weighted by Gasteiger charge is -2.36. The summed E-state index contributed by atoms with van der Waals surface area (Å²) in [6.45, 7) is 5.71. The maximum Gasteiger partial charge on any atom is 0.0226 e. The van der Waals surface area contributed by atoms with E-state index in [4.69, 9.17) is 5.73 Å². The average molecular weight is 216 g/mol. The molecular weight excluding hydrogens is 192 g/mol. The largest absolute Gasteiger partial charge is 0.329 e. The van der Waals surface area contributed by atoms with E-state index < -0.39 is 0 Å². The molecular formula is C11H24N2S. The van der Waals surface area contributed by atoms with E-state index in [0.29, 0.717) is 6.04 Å². The fourth-order valence-electron chi connectivity index (χ4n) is 2.26. The number of nitrogens with two attached hydrogens (primary N) is 1. The first-order valence-corrected chi connectivity index (χ1v) is 7.10. The van der Waals surface area contributed by atoms with E-state index in [1.54, 1.807) is 0 Å². The molecule has 2 unspecified atom stereocenters. The van der Waals surface area contributed by atoms with Crippen molar-refractivity contribution in [2.75, 3.05) is 31.6 Å². The van der Waals surface area contributed by atoms with Crippen LogP contribution in [0.1, 0.15) is 26.2 Å². The van der Waals surface area contributed by atoms with Gasteiger partial charge in [0.05, 0.1) is 0 Å². The standard InChI is InChI=1S/C11H24N2S/c1-10-4-3-6-13(9-10)11(8-12)5-7-14-2/h10-11H,3-9,12H2,1-2H3. The van der Waals surface area contributed by atoms with Crippen molar-refractivity contribution in [3.63, 3.8) is 0 Å². The summed E-state index contributed by atoms with van der Waals surface area (Å²) in [6, 6.07) is 0.630. The van der Waals surface area contributed by atoms with Gasteiger partial charge in [0, 0.05) is 19.1 Å². The highest BCUT2D eigenvalue weighted by Gasteiger charge is 2.22. The van der Waals surface area contributed by atoms with Gasteiger partial charge in [-0.15, -0.1) is 0 Å². The lowest BCUT2D eigenvalue weighted by molar-refractivity contribution is 0.131. The second-order valence-electron chi connectivity index (χ2n) is 4.41. The summed E-state index contributed by atoms with van der Waals surface area (Å²) >= 11 is 1.93. The maximum atomic E-state index is 5.84. The Labute approximate surface area is 92.6 Å². The Bertz CT molecular complexity index is 152. The van der Waals surface area contributed by atoms with Crippen molar-refractivity contribution in [2.45, 2.75) is 32.2 Å². The van der Waals surface area contributed by atoms with Crippen molar-refractivity contribution >= 4 is 11.8 Å². The Morgan fingerprint density at radius 2 is 2.36 bits per heavy atom. The van der Waals surface area contributed by atoms with Crippen LogP contribution in [-0.4, -0.2) is 42.6 Å². The molecule has 0 bridgehead atoms. The first-order chi connectivity index (χ1) is 6.77. The zero-order valence-corrected chi connectivity index (χ0v) is 10.4. The van der Waals surface area contributed by atoms with Gasteiger partial charge in [0.15, 0.2) is 0 Å².